The minimum absolute atomic E-state index is 0.108. The van der Waals surface area contributed by atoms with Crippen LogP contribution in [0.5, 0.6) is 5.75 Å². The molecular formula is C13H7BrF3N3O2S. The molecular weight excluding hydrogens is 399 g/mol. The summed E-state index contributed by atoms with van der Waals surface area (Å²) in [4.78, 5) is 18.1. The third-order valence-electron chi connectivity index (χ3n) is 2.85. The van der Waals surface area contributed by atoms with Crippen LogP contribution >= 0.6 is 27.7 Å². The fourth-order valence-electron chi connectivity index (χ4n) is 1.79. The largest absolute Gasteiger partial charge is 0.506 e. The van der Waals surface area contributed by atoms with Crippen LogP contribution in [0.1, 0.15) is 11.1 Å². The van der Waals surface area contributed by atoms with Crippen molar-refractivity contribution in [2.24, 2.45) is 0 Å². The molecule has 0 aliphatic rings. The van der Waals surface area contributed by atoms with Crippen molar-refractivity contribution in [3.05, 3.63) is 38.1 Å². The summed E-state index contributed by atoms with van der Waals surface area (Å²) in [5, 5.41) is 19.2. The van der Waals surface area contributed by atoms with Gasteiger partial charge >= 0.3 is 6.18 Å². The van der Waals surface area contributed by atoms with Crippen LogP contribution in [0.15, 0.2) is 26.6 Å². The van der Waals surface area contributed by atoms with Gasteiger partial charge in [0.2, 0.25) is 0 Å². The number of alkyl halides is 3. The summed E-state index contributed by atoms with van der Waals surface area (Å²) in [7, 11) is 0. The molecule has 0 unspecified atom stereocenters. The summed E-state index contributed by atoms with van der Waals surface area (Å²) in [5.74, 6) is -0.542. The topological polar surface area (TPSA) is 89.8 Å². The molecule has 0 saturated heterocycles. The molecule has 0 saturated carbocycles. The Morgan fingerprint density at radius 1 is 1.43 bits per heavy atom. The molecule has 1 aromatic heterocycles. The van der Waals surface area contributed by atoms with Gasteiger partial charge in [0, 0.05) is 5.56 Å². The Kier molecular flexibility index (Phi) is 4.72. The molecule has 1 aromatic carbocycles. The van der Waals surface area contributed by atoms with Crippen molar-refractivity contribution in [3.8, 4) is 23.1 Å². The van der Waals surface area contributed by atoms with Gasteiger partial charge in [-0.1, -0.05) is 11.8 Å². The zero-order chi connectivity index (χ0) is 17.4. The number of aromatic nitrogens is 2. The number of rotatable bonds is 2. The zero-order valence-electron chi connectivity index (χ0n) is 11.3. The van der Waals surface area contributed by atoms with Gasteiger partial charge < -0.3 is 10.1 Å². The van der Waals surface area contributed by atoms with Gasteiger partial charge in [-0.3, -0.25) is 4.79 Å². The second-order valence-corrected chi connectivity index (χ2v) is 5.91. The maximum Gasteiger partial charge on any atom is 0.416 e. The number of aromatic amines is 1. The van der Waals surface area contributed by atoms with Crippen molar-refractivity contribution in [1.29, 1.82) is 5.26 Å². The Balaban J connectivity index is 2.87. The highest BCUT2D eigenvalue weighted by Gasteiger charge is 2.33. The molecule has 0 fully saturated rings. The van der Waals surface area contributed by atoms with Crippen molar-refractivity contribution >= 4 is 27.7 Å². The van der Waals surface area contributed by atoms with Crippen LogP contribution in [-0.4, -0.2) is 21.3 Å². The summed E-state index contributed by atoms with van der Waals surface area (Å²) < 4.78 is 38.6. The lowest BCUT2D eigenvalue weighted by Crippen LogP contribution is -2.15. The van der Waals surface area contributed by atoms with Gasteiger partial charge in [0.05, 0.1) is 10.0 Å². The van der Waals surface area contributed by atoms with Gasteiger partial charge in [-0.25, -0.2) is 4.98 Å². The second-order valence-electron chi connectivity index (χ2n) is 4.26. The van der Waals surface area contributed by atoms with E-state index in [9.17, 15) is 23.1 Å². The Labute approximate surface area is 140 Å². The normalized spacial score (nSPS) is 11.3. The third kappa shape index (κ3) is 3.35. The minimum atomic E-state index is -4.67. The fourth-order valence-corrected chi connectivity index (χ4v) is 2.63. The van der Waals surface area contributed by atoms with E-state index in [1.807, 2.05) is 0 Å². The van der Waals surface area contributed by atoms with E-state index in [0.29, 0.717) is 12.1 Å². The molecule has 120 valence electrons. The number of hydrogen-bond donors (Lipinski definition) is 2. The molecule has 1 heterocycles. The van der Waals surface area contributed by atoms with E-state index < -0.39 is 28.6 Å². The first kappa shape index (κ1) is 17.4. The number of phenolic OH excluding ortho intramolecular Hbond substituents is 1. The smallest absolute Gasteiger partial charge is 0.416 e. The number of H-pyrrole nitrogens is 1. The monoisotopic (exact) mass is 405 g/mol. The molecule has 0 aliphatic heterocycles. The number of nitriles is 1. The highest BCUT2D eigenvalue weighted by molar-refractivity contribution is 9.10. The van der Waals surface area contributed by atoms with Crippen molar-refractivity contribution in [2.75, 3.05) is 6.26 Å². The van der Waals surface area contributed by atoms with E-state index in [2.05, 4.69) is 25.9 Å². The lowest BCUT2D eigenvalue weighted by molar-refractivity contribution is -0.137. The first-order valence-corrected chi connectivity index (χ1v) is 7.89. The second kappa shape index (κ2) is 6.25. The number of halogens is 4. The van der Waals surface area contributed by atoms with Crippen LogP contribution in [0.2, 0.25) is 0 Å². The van der Waals surface area contributed by atoms with E-state index in [0.717, 1.165) is 11.8 Å². The summed E-state index contributed by atoms with van der Waals surface area (Å²) in [6, 6.07) is 2.94. The number of benzene rings is 1. The van der Waals surface area contributed by atoms with Gasteiger partial charge in [-0.15, -0.1) is 0 Å². The lowest BCUT2D eigenvalue weighted by Gasteiger charge is -2.13. The minimum Gasteiger partial charge on any atom is -0.506 e. The fraction of sp³-hybridized carbons (Fsp3) is 0.154. The van der Waals surface area contributed by atoms with Crippen LogP contribution in [0, 0.1) is 11.3 Å². The lowest BCUT2D eigenvalue weighted by atomic mass is 10.0. The Morgan fingerprint density at radius 2 is 2.09 bits per heavy atom. The van der Waals surface area contributed by atoms with Crippen LogP contribution in [0.25, 0.3) is 11.3 Å². The SMILES string of the molecule is CSc1nc(-c2cc(C(F)(F)F)cc(Br)c2O)c(C#N)c(=O)[nH]1. The van der Waals surface area contributed by atoms with Crippen molar-refractivity contribution < 1.29 is 18.3 Å². The summed E-state index contributed by atoms with van der Waals surface area (Å²) in [5.41, 5.74) is -3.00. The first-order chi connectivity index (χ1) is 10.7. The van der Waals surface area contributed by atoms with Gasteiger partial charge in [0.25, 0.3) is 5.56 Å². The third-order valence-corrected chi connectivity index (χ3v) is 4.03. The summed E-state index contributed by atoms with van der Waals surface area (Å²) in [6.45, 7) is 0. The molecule has 0 bridgehead atoms. The van der Waals surface area contributed by atoms with Crippen LogP contribution in [-0.2, 0) is 6.18 Å². The number of aromatic hydroxyl groups is 1. The molecule has 0 radical (unpaired) electrons. The van der Waals surface area contributed by atoms with Gasteiger partial charge in [0.1, 0.15) is 23.1 Å². The number of phenols is 1. The predicted octanol–water partition coefficient (Wildman–Crippen LogP) is 3.52. The van der Waals surface area contributed by atoms with E-state index in [1.165, 1.54) is 0 Å². The Hall–Kier alpha value is -1.99. The molecule has 0 aliphatic carbocycles. The van der Waals surface area contributed by atoms with Crippen molar-refractivity contribution in [1.82, 2.24) is 9.97 Å². The maximum absolute atomic E-state index is 12.9. The highest BCUT2D eigenvalue weighted by Crippen LogP contribution is 2.41. The summed E-state index contributed by atoms with van der Waals surface area (Å²) in [6.07, 6.45) is -3.07. The molecule has 2 rings (SSSR count). The van der Waals surface area contributed by atoms with E-state index >= 15 is 0 Å². The molecule has 2 N–H and O–H groups in total. The average molecular weight is 406 g/mol. The van der Waals surface area contributed by atoms with E-state index in [4.69, 9.17) is 5.26 Å². The highest BCUT2D eigenvalue weighted by atomic mass is 79.9. The average Bonchev–Trinajstić information content (AvgIpc) is 2.47. The number of nitrogens with one attached hydrogen (secondary N) is 1. The van der Waals surface area contributed by atoms with E-state index in [-0.39, 0.29) is 20.9 Å². The standard InChI is InChI=1S/C13H7BrF3N3O2S/c1-23-12-19-9(7(4-18)11(22)20-12)6-2-5(13(15,16)17)3-8(14)10(6)21/h2-3,21H,1H3,(H,19,20,22). The Bertz CT molecular complexity index is 874. The molecule has 0 amide bonds. The molecule has 23 heavy (non-hydrogen) atoms. The van der Waals surface area contributed by atoms with Gasteiger partial charge in [-0.2, -0.15) is 18.4 Å². The number of thioether (sulfide) groups is 1. The molecule has 0 spiro atoms. The van der Waals surface area contributed by atoms with Crippen LogP contribution in [0.4, 0.5) is 13.2 Å². The van der Waals surface area contributed by atoms with E-state index in [1.54, 1.807) is 12.3 Å². The predicted molar refractivity (Wildman–Crippen MR) is 81.2 cm³/mol. The molecule has 0 atom stereocenters. The zero-order valence-corrected chi connectivity index (χ0v) is 13.7. The van der Waals surface area contributed by atoms with Crippen LogP contribution in [0.3, 0.4) is 0 Å². The van der Waals surface area contributed by atoms with Gasteiger partial charge in [-0.05, 0) is 34.3 Å². The first-order valence-electron chi connectivity index (χ1n) is 5.87. The van der Waals surface area contributed by atoms with Crippen molar-refractivity contribution in [3.63, 3.8) is 0 Å². The number of hydrogen-bond acceptors (Lipinski definition) is 5. The summed E-state index contributed by atoms with van der Waals surface area (Å²) >= 11 is 3.87. The maximum atomic E-state index is 12.9. The van der Waals surface area contributed by atoms with Crippen LogP contribution < -0.4 is 5.56 Å². The molecule has 5 nitrogen and oxygen atoms in total. The van der Waals surface area contributed by atoms with Gasteiger partial charge in [0.15, 0.2) is 5.16 Å². The Morgan fingerprint density at radius 3 is 2.61 bits per heavy atom. The molecule has 2 aromatic rings. The number of nitrogens with zero attached hydrogens (tertiary/aromatic N) is 2. The molecule has 10 heteroatoms. The van der Waals surface area contributed by atoms with Crippen molar-refractivity contribution in [2.45, 2.75) is 11.3 Å². The quantitative estimate of drug-likeness (QED) is 0.589.